The van der Waals surface area contributed by atoms with Crippen LogP contribution in [0.25, 0.3) is 0 Å². The largest absolute Gasteiger partial charge is 0.481 e. The molecule has 0 aliphatic carbocycles. The van der Waals surface area contributed by atoms with Gasteiger partial charge in [-0.15, -0.1) is 0 Å². The number of amides is 1. The quantitative estimate of drug-likeness (QED) is 0.567. The van der Waals surface area contributed by atoms with Gasteiger partial charge in [0, 0.05) is 18.9 Å². The summed E-state index contributed by atoms with van der Waals surface area (Å²) in [5.74, 6) is 0.0469. The lowest BCUT2D eigenvalue weighted by Gasteiger charge is -2.16. The third kappa shape index (κ3) is 10.5. The van der Waals surface area contributed by atoms with E-state index in [-0.39, 0.29) is 18.2 Å². The normalized spacial score (nSPS) is 13.8. The zero-order valence-electron chi connectivity index (χ0n) is 12.6. The van der Waals surface area contributed by atoms with Crippen LogP contribution in [-0.2, 0) is 9.59 Å². The molecule has 0 saturated heterocycles. The molecule has 2 N–H and O–H groups in total. The maximum atomic E-state index is 11.8. The summed E-state index contributed by atoms with van der Waals surface area (Å²) in [4.78, 5) is 22.1. The van der Waals surface area contributed by atoms with E-state index in [0.717, 1.165) is 19.3 Å². The zero-order valence-corrected chi connectivity index (χ0v) is 12.6. The standard InChI is InChI=1S/C15H29NO3/c1-4-8-12(2)11-13(3)15(19)16-10-7-5-6-9-14(17)18/h12-13H,4-11H2,1-3H3,(H,16,19)(H,17,18). The van der Waals surface area contributed by atoms with Crippen molar-refractivity contribution in [1.29, 1.82) is 0 Å². The molecule has 0 aliphatic heterocycles. The average Bonchev–Trinajstić information content (AvgIpc) is 2.33. The fraction of sp³-hybridized carbons (Fsp3) is 0.867. The van der Waals surface area contributed by atoms with Crippen LogP contribution in [-0.4, -0.2) is 23.5 Å². The van der Waals surface area contributed by atoms with E-state index in [2.05, 4.69) is 19.2 Å². The predicted octanol–water partition coefficient (Wildman–Crippen LogP) is 3.21. The summed E-state index contributed by atoms with van der Waals surface area (Å²) in [6.07, 6.45) is 5.90. The molecule has 2 unspecified atom stereocenters. The average molecular weight is 271 g/mol. The van der Waals surface area contributed by atoms with E-state index in [0.29, 0.717) is 18.9 Å². The molecule has 19 heavy (non-hydrogen) atoms. The molecule has 0 aromatic carbocycles. The smallest absolute Gasteiger partial charge is 0.303 e. The second-order valence-electron chi connectivity index (χ2n) is 5.53. The molecule has 0 aromatic rings. The summed E-state index contributed by atoms with van der Waals surface area (Å²) >= 11 is 0. The SMILES string of the molecule is CCCC(C)CC(C)C(=O)NCCCCCC(=O)O. The zero-order chi connectivity index (χ0) is 14.7. The summed E-state index contributed by atoms with van der Waals surface area (Å²) in [6.45, 7) is 6.99. The van der Waals surface area contributed by atoms with Gasteiger partial charge in [0.25, 0.3) is 0 Å². The van der Waals surface area contributed by atoms with Crippen LogP contribution in [0, 0.1) is 11.8 Å². The van der Waals surface area contributed by atoms with Crippen molar-refractivity contribution in [2.75, 3.05) is 6.54 Å². The van der Waals surface area contributed by atoms with Gasteiger partial charge in [0.2, 0.25) is 5.91 Å². The van der Waals surface area contributed by atoms with Crippen LogP contribution in [0.3, 0.4) is 0 Å². The van der Waals surface area contributed by atoms with Crippen LogP contribution in [0.4, 0.5) is 0 Å². The van der Waals surface area contributed by atoms with Crippen LogP contribution >= 0.6 is 0 Å². The molecular weight excluding hydrogens is 242 g/mol. The molecule has 2 atom stereocenters. The molecule has 0 saturated carbocycles. The van der Waals surface area contributed by atoms with Gasteiger partial charge in [0.15, 0.2) is 0 Å². The summed E-state index contributed by atoms with van der Waals surface area (Å²) in [5.41, 5.74) is 0. The Labute approximate surface area is 117 Å². The minimum Gasteiger partial charge on any atom is -0.481 e. The summed E-state index contributed by atoms with van der Waals surface area (Å²) < 4.78 is 0. The van der Waals surface area contributed by atoms with Crippen molar-refractivity contribution in [2.24, 2.45) is 11.8 Å². The van der Waals surface area contributed by atoms with Gasteiger partial charge in [-0.1, -0.05) is 40.0 Å². The van der Waals surface area contributed by atoms with Crippen LogP contribution < -0.4 is 5.32 Å². The molecular formula is C15H29NO3. The number of carboxylic acids is 1. The Balaban J connectivity index is 3.59. The third-order valence-electron chi connectivity index (χ3n) is 3.35. The van der Waals surface area contributed by atoms with E-state index >= 15 is 0 Å². The molecule has 0 aliphatic rings. The van der Waals surface area contributed by atoms with Gasteiger partial charge in [-0.05, 0) is 25.2 Å². The number of aliphatic carboxylic acids is 1. The van der Waals surface area contributed by atoms with E-state index < -0.39 is 5.97 Å². The van der Waals surface area contributed by atoms with E-state index in [1.807, 2.05) is 6.92 Å². The fourth-order valence-electron chi connectivity index (χ4n) is 2.29. The summed E-state index contributed by atoms with van der Waals surface area (Å²) in [5, 5.41) is 11.4. The lowest BCUT2D eigenvalue weighted by atomic mass is 9.93. The van der Waals surface area contributed by atoms with Crippen molar-refractivity contribution in [2.45, 2.75) is 65.7 Å². The molecule has 0 fully saturated rings. The van der Waals surface area contributed by atoms with Crippen molar-refractivity contribution in [1.82, 2.24) is 5.32 Å². The van der Waals surface area contributed by atoms with Crippen molar-refractivity contribution in [3.8, 4) is 0 Å². The molecule has 0 heterocycles. The Hall–Kier alpha value is -1.06. The maximum Gasteiger partial charge on any atom is 0.303 e. The van der Waals surface area contributed by atoms with Crippen molar-refractivity contribution < 1.29 is 14.7 Å². The Kier molecular flexibility index (Phi) is 10.2. The highest BCUT2D eigenvalue weighted by molar-refractivity contribution is 5.78. The second kappa shape index (κ2) is 10.8. The molecule has 0 bridgehead atoms. The minimum atomic E-state index is -0.748. The number of hydrogen-bond donors (Lipinski definition) is 2. The summed E-state index contributed by atoms with van der Waals surface area (Å²) in [6, 6.07) is 0. The number of carbonyl (C=O) groups is 2. The van der Waals surface area contributed by atoms with Crippen molar-refractivity contribution >= 4 is 11.9 Å². The second-order valence-corrected chi connectivity index (χ2v) is 5.53. The Morgan fingerprint density at radius 3 is 2.42 bits per heavy atom. The van der Waals surface area contributed by atoms with Crippen molar-refractivity contribution in [3.05, 3.63) is 0 Å². The highest BCUT2D eigenvalue weighted by Gasteiger charge is 2.15. The first-order valence-electron chi connectivity index (χ1n) is 7.46. The monoisotopic (exact) mass is 271 g/mol. The minimum absolute atomic E-state index is 0.0700. The number of nitrogens with one attached hydrogen (secondary N) is 1. The van der Waals surface area contributed by atoms with Gasteiger partial charge >= 0.3 is 5.97 Å². The lowest BCUT2D eigenvalue weighted by molar-refractivity contribution is -0.137. The van der Waals surface area contributed by atoms with Crippen LogP contribution in [0.15, 0.2) is 0 Å². The van der Waals surface area contributed by atoms with Crippen LogP contribution in [0.1, 0.15) is 65.7 Å². The van der Waals surface area contributed by atoms with Crippen LogP contribution in [0.5, 0.6) is 0 Å². The molecule has 0 spiro atoms. The van der Waals surface area contributed by atoms with Crippen molar-refractivity contribution in [3.63, 3.8) is 0 Å². The first-order valence-corrected chi connectivity index (χ1v) is 7.46. The first kappa shape index (κ1) is 17.9. The van der Waals surface area contributed by atoms with E-state index in [1.54, 1.807) is 0 Å². The summed E-state index contributed by atoms with van der Waals surface area (Å²) in [7, 11) is 0. The number of carboxylic acid groups (broad SMARTS) is 1. The van der Waals surface area contributed by atoms with Gasteiger partial charge in [0.1, 0.15) is 0 Å². The Morgan fingerprint density at radius 2 is 1.84 bits per heavy atom. The highest BCUT2D eigenvalue weighted by Crippen LogP contribution is 2.16. The number of hydrogen-bond acceptors (Lipinski definition) is 2. The topological polar surface area (TPSA) is 66.4 Å². The Bertz CT molecular complexity index is 266. The van der Waals surface area contributed by atoms with Gasteiger partial charge in [-0.3, -0.25) is 9.59 Å². The highest BCUT2D eigenvalue weighted by atomic mass is 16.4. The van der Waals surface area contributed by atoms with E-state index in [1.165, 1.54) is 12.8 Å². The van der Waals surface area contributed by atoms with E-state index in [4.69, 9.17) is 5.11 Å². The number of carbonyl (C=O) groups excluding carboxylic acids is 1. The van der Waals surface area contributed by atoms with Gasteiger partial charge < -0.3 is 10.4 Å². The molecule has 0 rings (SSSR count). The third-order valence-corrected chi connectivity index (χ3v) is 3.35. The molecule has 4 nitrogen and oxygen atoms in total. The number of rotatable bonds is 11. The lowest BCUT2D eigenvalue weighted by Crippen LogP contribution is -2.30. The molecule has 1 amide bonds. The maximum absolute atomic E-state index is 11.8. The van der Waals surface area contributed by atoms with Crippen LogP contribution in [0.2, 0.25) is 0 Å². The van der Waals surface area contributed by atoms with Gasteiger partial charge in [-0.25, -0.2) is 0 Å². The fourth-order valence-corrected chi connectivity index (χ4v) is 2.29. The molecule has 0 aromatic heterocycles. The molecule has 4 heteroatoms. The number of unbranched alkanes of at least 4 members (excludes halogenated alkanes) is 2. The van der Waals surface area contributed by atoms with Gasteiger partial charge in [0.05, 0.1) is 0 Å². The Morgan fingerprint density at radius 1 is 1.16 bits per heavy atom. The first-order chi connectivity index (χ1) is 8.97. The van der Waals surface area contributed by atoms with E-state index in [9.17, 15) is 9.59 Å². The predicted molar refractivity (Wildman–Crippen MR) is 77.0 cm³/mol. The molecule has 112 valence electrons. The molecule has 0 radical (unpaired) electrons. The van der Waals surface area contributed by atoms with Gasteiger partial charge in [-0.2, -0.15) is 0 Å².